The Morgan fingerprint density at radius 2 is 1.46 bits per heavy atom. The number of carbonyl (C=O) groups excluding carboxylic acids is 1. The van der Waals surface area contributed by atoms with E-state index in [-0.39, 0.29) is 5.97 Å². The maximum atomic E-state index is 12.0. The second kappa shape index (κ2) is 11.6. The molecule has 0 rings (SSSR count). The zero-order chi connectivity index (χ0) is 20.5. The zero-order valence-corrected chi connectivity index (χ0v) is 21.1. The van der Waals surface area contributed by atoms with Gasteiger partial charge in [-0.2, -0.15) is 0 Å². The van der Waals surface area contributed by atoms with E-state index in [0.717, 1.165) is 25.6 Å². The number of esters is 1. The van der Waals surface area contributed by atoms with Crippen LogP contribution in [0.5, 0.6) is 0 Å². The summed E-state index contributed by atoms with van der Waals surface area (Å²) in [4.78, 5) is 12.0. The lowest BCUT2D eigenvalue weighted by molar-refractivity contribution is -0.143. The van der Waals surface area contributed by atoms with Crippen LogP contribution in [0.1, 0.15) is 61.3 Å². The SMILES string of the molecule is CCOC(=O)CCN(CCC[Si](C)(C)OC)[Si](C(C)C)(C(C)C)C(C)C. The summed E-state index contributed by atoms with van der Waals surface area (Å²) in [5.74, 6) is -0.0664. The average Bonchev–Trinajstić information content (AvgIpc) is 2.51. The van der Waals surface area contributed by atoms with Gasteiger partial charge in [0.25, 0.3) is 0 Å². The monoisotopic (exact) mass is 403 g/mol. The molecule has 0 aliphatic rings. The number of ether oxygens (including phenoxy) is 1. The van der Waals surface area contributed by atoms with Gasteiger partial charge in [0, 0.05) is 13.7 Å². The second-order valence-electron chi connectivity index (χ2n) is 8.96. The van der Waals surface area contributed by atoms with Crippen LogP contribution in [0.25, 0.3) is 0 Å². The molecule has 0 saturated carbocycles. The Balaban J connectivity index is 5.46. The molecule has 26 heavy (non-hydrogen) atoms. The van der Waals surface area contributed by atoms with Crippen LogP contribution < -0.4 is 0 Å². The van der Waals surface area contributed by atoms with E-state index in [0.29, 0.717) is 29.7 Å². The number of carbonyl (C=O) groups is 1. The van der Waals surface area contributed by atoms with Gasteiger partial charge in [0.05, 0.1) is 13.0 Å². The van der Waals surface area contributed by atoms with Crippen molar-refractivity contribution in [1.82, 2.24) is 4.57 Å². The first-order valence-corrected chi connectivity index (χ1v) is 15.7. The Morgan fingerprint density at radius 1 is 0.962 bits per heavy atom. The number of nitrogens with zero attached hydrogens (tertiary/aromatic N) is 1. The first-order valence-electron chi connectivity index (χ1n) is 10.4. The van der Waals surface area contributed by atoms with E-state index in [1.165, 1.54) is 0 Å². The molecule has 0 spiro atoms. The molecule has 0 aliphatic carbocycles. The minimum atomic E-state index is -1.75. The first-order chi connectivity index (χ1) is 12.0. The fourth-order valence-corrected chi connectivity index (χ4v) is 13.3. The molecular formula is C20H45NO3Si2. The Morgan fingerprint density at radius 3 is 1.85 bits per heavy atom. The molecule has 0 unspecified atom stereocenters. The summed E-state index contributed by atoms with van der Waals surface area (Å²) in [6.45, 7) is 23.1. The van der Waals surface area contributed by atoms with Crippen LogP contribution in [-0.2, 0) is 14.0 Å². The van der Waals surface area contributed by atoms with Gasteiger partial charge in [-0.05, 0) is 55.7 Å². The van der Waals surface area contributed by atoms with Crippen molar-refractivity contribution >= 4 is 22.5 Å². The van der Waals surface area contributed by atoms with E-state index in [1.807, 2.05) is 14.0 Å². The van der Waals surface area contributed by atoms with Crippen LogP contribution in [-0.4, -0.2) is 53.9 Å². The van der Waals surface area contributed by atoms with E-state index in [2.05, 4.69) is 59.2 Å². The van der Waals surface area contributed by atoms with Gasteiger partial charge in [-0.1, -0.05) is 41.5 Å². The maximum absolute atomic E-state index is 12.0. The van der Waals surface area contributed by atoms with Crippen molar-refractivity contribution in [2.75, 3.05) is 26.8 Å². The summed E-state index contributed by atoms with van der Waals surface area (Å²) < 4.78 is 13.7. The van der Waals surface area contributed by atoms with Gasteiger partial charge in [0.15, 0.2) is 8.32 Å². The van der Waals surface area contributed by atoms with Crippen LogP contribution >= 0.6 is 0 Å². The van der Waals surface area contributed by atoms with Crippen molar-refractivity contribution in [2.45, 2.75) is 97.1 Å². The van der Waals surface area contributed by atoms with Crippen LogP contribution in [0.2, 0.25) is 35.8 Å². The molecule has 4 nitrogen and oxygen atoms in total. The molecule has 6 heteroatoms. The standard InChI is InChI=1S/C20H45NO3Si2/c1-11-24-20(22)13-15-21(14-12-16-25(9,10)23-8)26(17(2)3,18(4)5)19(6)7/h17-19H,11-16H2,1-10H3. The second-order valence-corrected chi connectivity index (χ2v) is 19.3. The predicted molar refractivity (Wildman–Crippen MR) is 118 cm³/mol. The van der Waals surface area contributed by atoms with E-state index in [4.69, 9.17) is 9.16 Å². The topological polar surface area (TPSA) is 38.8 Å². The van der Waals surface area contributed by atoms with E-state index < -0.39 is 16.6 Å². The maximum Gasteiger partial charge on any atom is 0.307 e. The van der Waals surface area contributed by atoms with E-state index in [1.54, 1.807) is 0 Å². The summed E-state index contributed by atoms with van der Waals surface area (Å²) in [6, 6.07) is 1.16. The van der Waals surface area contributed by atoms with Gasteiger partial charge in [-0.15, -0.1) is 0 Å². The van der Waals surface area contributed by atoms with Crippen molar-refractivity contribution in [3.63, 3.8) is 0 Å². The highest BCUT2D eigenvalue weighted by Gasteiger charge is 2.47. The molecule has 0 aromatic heterocycles. The molecule has 0 fully saturated rings. The van der Waals surface area contributed by atoms with Crippen molar-refractivity contribution in [3.8, 4) is 0 Å². The fourth-order valence-electron chi connectivity index (χ4n) is 4.85. The lowest BCUT2D eigenvalue weighted by atomic mass is 10.4. The van der Waals surface area contributed by atoms with E-state index >= 15 is 0 Å². The Labute approximate surface area is 165 Å². The highest BCUT2D eigenvalue weighted by atomic mass is 28.4. The fraction of sp³-hybridized carbons (Fsp3) is 0.950. The van der Waals surface area contributed by atoms with Crippen molar-refractivity contribution in [3.05, 3.63) is 0 Å². The van der Waals surface area contributed by atoms with Crippen molar-refractivity contribution in [2.24, 2.45) is 0 Å². The Bertz CT molecular complexity index is 390. The van der Waals surface area contributed by atoms with Gasteiger partial charge in [-0.25, -0.2) is 0 Å². The summed E-state index contributed by atoms with van der Waals surface area (Å²) >= 11 is 0. The molecule has 0 aliphatic heterocycles. The molecule has 156 valence electrons. The van der Waals surface area contributed by atoms with Crippen LogP contribution in [0.3, 0.4) is 0 Å². The Kier molecular flexibility index (Phi) is 11.5. The largest absolute Gasteiger partial charge is 0.466 e. The van der Waals surface area contributed by atoms with Gasteiger partial charge < -0.3 is 13.7 Å². The summed E-state index contributed by atoms with van der Waals surface area (Å²) in [5, 5.41) is 0. The molecule has 0 N–H and O–H groups in total. The normalized spacial score (nSPS) is 13.3. The molecule has 0 aromatic rings. The summed E-state index contributed by atoms with van der Waals surface area (Å²) in [5.41, 5.74) is 1.95. The van der Waals surface area contributed by atoms with Crippen LogP contribution in [0.4, 0.5) is 0 Å². The predicted octanol–water partition coefficient (Wildman–Crippen LogP) is 5.66. The third kappa shape index (κ3) is 7.09. The molecule has 0 atom stereocenters. The van der Waals surface area contributed by atoms with Gasteiger partial charge in [0.1, 0.15) is 8.24 Å². The average molecular weight is 404 g/mol. The van der Waals surface area contributed by atoms with Crippen molar-refractivity contribution < 1.29 is 14.0 Å². The molecular weight excluding hydrogens is 358 g/mol. The third-order valence-electron chi connectivity index (χ3n) is 5.97. The van der Waals surface area contributed by atoms with E-state index in [9.17, 15) is 4.79 Å². The quantitative estimate of drug-likeness (QED) is 0.294. The summed E-state index contributed by atoms with van der Waals surface area (Å²) in [7, 11) is -1.45. The minimum Gasteiger partial charge on any atom is -0.466 e. The number of hydrogen-bond acceptors (Lipinski definition) is 4. The molecule has 0 aromatic carbocycles. The molecule has 0 heterocycles. The Hall–Kier alpha value is -0.176. The molecule has 0 saturated heterocycles. The summed E-state index contributed by atoms with van der Waals surface area (Å²) in [6.07, 6.45) is 1.65. The van der Waals surface area contributed by atoms with Crippen molar-refractivity contribution in [1.29, 1.82) is 0 Å². The highest BCUT2D eigenvalue weighted by Crippen LogP contribution is 2.44. The number of hydrogen-bond donors (Lipinski definition) is 0. The van der Waals surface area contributed by atoms with Gasteiger partial charge in [0.2, 0.25) is 0 Å². The smallest absolute Gasteiger partial charge is 0.307 e. The third-order valence-corrected chi connectivity index (χ3v) is 15.7. The molecule has 0 radical (unpaired) electrons. The molecule has 0 bridgehead atoms. The van der Waals surface area contributed by atoms with Gasteiger partial charge >= 0.3 is 5.97 Å². The zero-order valence-electron chi connectivity index (χ0n) is 19.1. The lowest BCUT2D eigenvalue weighted by Crippen LogP contribution is -2.61. The van der Waals surface area contributed by atoms with Gasteiger partial charge in [-0.3, -0.25) is 4.79 Å². The lowest BCUT2D eigenvalue weighted by Gasteiger charge is -2.51. The number of rotatable bonds is 13. The molecule has 0 amide bonds. The van der Waals surface area contributed by atoms with Crippen LogP contribution in [0.15, 0.2) is 0 Å². The van der Waals surface area contributed by atoms with Crippen LogP contribution in [0, 0.1) is 0 Å². The first kappa shape index (κ1) is 25.8. The minimum absolute atomic E-state index is 0.0664. The highest BCUT2D eigenvalue weighted by molar-refractivity contribution is 6.81.